The minimum Gasteiger partial charge on any atom is -0.542 e. The molecule has 222 valence electrons. The summed E-state index contributed by atoms with van der Waals surface area (Å²) < 4.78 is 57.1. The van der Waals surface area contributed by atoms with Gasteiger partial charge in [0.25, 0.3) is 0 Å². The molecule has 0 saturated carbocycles. The van der Waals surface area contributed by atoms with Crippen molar-refractivity contribution < 1.29 is 57.3 Å². The third kappa shape index (κ3) is 40.1. The van der Waals surface area contributed by atoms with Gasteiger partial charge in [0.1, 0.15) is 11.6 Å². The van der Waals surface area contributed by atoms with Crippen LogP contribution in [0.25, 0.3) is 20.9 Å². The van der Waals surface area contributed by atoms with Gasteiger partial charge >= 0.3 is 12.3 Å². The fourth-order valence-electron chi connectivity index (χ4n) is 1.59. The molecule has 0 saturated heterocycles. The number of alkyl halides is 3. The van der Waals surface area contributed by atoms with E-state index in [1.165, 1.54) is 0 Å². The van der Waals surface area contributed by atoms with E-state index in [0.717, 1.165) is 6.54 Å². The van der Waals surface area contributed by atoms with Crippen LogP contribution in [0.2, 0.25) is 0 Å². The number of aliphatic carboxylic acids is 1. The predicted molar refractivity (Wildman–Crippen MR) is 124 cm³/mol. The van der Waals surface area contributed by atoms with Crippen LogP contribution in [-0.2, 0) is 28.5 Å². The predicted octanol–water partition coefficient (Wildman–Crippen LogP) is 0.725. The summed E-state index contributed by atoms with van der Waals surface area (Å²) in [5, 5.41) is 18.0. The summed E-state index contributed by atoms with van der Waals surface area (Å²) in [6, 6.07) is 0. The number of hydrogen-bond donors (Lipinski definition) is 2. The molecule has 19 heteroatoms. The Balaban J connectivity index is -0.000000547. The van der Waals surface area contributed by atoms with Crippen LogP contribution in [0.3, 0.4) is 0 Å². The van der Waals surface area contributed by atoms with E-state index in [4.69, 9.17) is 44.6 Å². The average Bonchev–Trinajstić information content (AvgIpc) is 2.81. The van der Waals surface area contributed by atoms with Gasteiger partial charge in [0.15, 0.2) is 0 Å². The molecule has 0 rings (SSSR count). The highest BCUT2D eigenvalue weighted by molar-refractivity contribution is 5.70. The minimum absolute atomic E-state index is 0.316. The summed E-state index contributed by atoms with van der Waals surface area (Å²) in [4.78, 5) is 25.2. The minimum atomic E-state index is -5.19. The van der Waals surface area contributed by atoms with Crippen LogP contribution >= 0.6 is 0 Å². The molecular formula is C19H37F3N8O8. The lowest BCUT2D eigenvalue weighted by Crippen LogP contribution is -2.52. The topological polar surface area (TPSA) is 241 Å². The molecule has 0 bridgehead atoms. The van der Waals surface area contributed by atoms with Crippen LogP contribution in [-0.4, -0.2) is 103 Å². The Morgan fingerprint density at radius 3 is 1.58 bits per heavy atom. The van der Waals surface area contributed by atoms with Crippen molar-refractivity contribution in [2.45, 2.75) is 32.5 Å². The van der Waals surface area contributed by atoms with Crippen LogP contribution < -0.4 is 16.2 Å². The van der Waals surface area contributed by atoms with Gasteiger partial charge in [-0.1, -0.05) is 10.2 Å². The lowest BCUT2D eigenvalue weighted by molar-refractivity contribution is -0.374. The summed E-state index contributed by atoms with van der Waals surface area (Å²) in [6.45, 7) is 11.1. The number of carboxylic acids is 1. The molecule has 0 spiro atoms. The van der Waals surface area contributed by atoms with Crippen molar-refractivity contribution in [3.63, 3.8) is 0 Å². The van der Waals surface area contributed by atoms with Gasteiger partial charge in [0.05, 0.1) is 59.4 Å². The van der Waals surface area contributed by atoms with Crippen LogP contribution in [0, 0.1) is 0 Å². The van der Waals surface area contributed by atoms with Crippen molar-refractivity contribution in [1.29, 1.82) is 0 Å². The molecule has 0 aromatic heterocycles. The van der Waals surface area contributed by atoms with Gasteiger partial charge < -0.3 is 44.6 Å². The molecule has 0 aliphatic rings. The Morgan fingerprint density at radius 2 is 1.24 bits per heavy atom. The number of amides is 1. The normalized spacial score (nSPS) is 10.4. The fraction of sp³-hybridized carbons (Fsp3) is 0.895. The number of carbonyl (C=O) groups excluding carboxylic acids is 2. The van der Waals surface area contributed by atoms with Crippen molar-refractivity contribution in [2.75, 3.05) is 79.0 Å². The summed E-state index contributed by atoms with van der Waals surface area (Å²) in [5.74, 6) is -3.01. The van der Waals surface area contributed by atoms with Gasteiger partial charge in [0, 0.05) is 29.5 Å². The summed E-state index contributed by atoms with van der Waals surface area (Å²) in [6.07, 6.45) is -5.65. The highest BCUT2D eigenvalue weighted by Crippen LogP contribution is 2.11. The van der Waals surface area contributed by atoms with Crippen molar-refractivity contribution in [2.24, 2.45) is 10.2 Å². The van der Waals surface area contributed by atoms with E-state index >= 15 is 0 Å². The van der Waals surface area contributed by atoms with Gasteiger partial charge in [-0.15, -0.1) is 0 Å². The molecule has 1 amide bonds. The van der Waals surface area contributed by atoms with Crippen LogP contribution in [0.1, 0.15) is 20.8 Å². The molecule has 4 N–H and O–H groups in total. The second-order valence-corrected chi connectivity index (χ2v) is 7.43. The molecule has 0 aliphatic carbocycles. The number of hydrogen-bond acceptors (Lipinski definition) is 10. The molecule has 0 unspecified atom stereocenters. The molecule has 38 heavy (non-hydrogen) atoms. The van der Waals surface area contributed by atoms with Crippen molar-refractivity contribution in [3.8, 4) is 0 Å². The van der Waals surface area contributed by atoms with Crippen molar-refractivity contribution >= 4 is 12.1 Å². The maximum Gasteiger partial charge on any atom is 0.430 e. The van der Waals surface area contributed by atoms with Crippen molar-refractivity contribution in [3.05, 3.63) is 20.9 Å². The lowest BCUT2D eigenvalue weighted by Gasteiger charge is -2.19. The Hall–Kier alpha value is -3.05. The van der Waals surface area contributed by atoms with Gasteiger partial charge in [-0.3, -0.25) is 0 Å². The van der Waals surface area contributed by atoms with E-state index in [1.54, 1.807) is 20.8 Å². The van der Waals surface area contributed by atoms with Crippen LogP contribution in [0.4, 0.5) is 18.0 Å². The number of nitrogens with one attached hydrogen (secondary N) is 1. The number of alkyl carbamates (subject to hydrolysis) is 1. The first-order valence-corrected chi connectivity index (χ1v) is 11.2. The average molecular weight is 563 g/mol. The standard InChI is InChI=1S/C11H22N4O4.C6H14N4O2.C2HF3O2/c1-11(2,3)19-10(16)13-4-6-17-8-9-18-7-5-14-15-12;7-1-3-11-5-6-12-4-2-9-10-8;3-2(4,5)1(6)7/h4-9H2,1-3H3,(H,13,16);1-7H2;(H,6,7). The first-order chi connectivity index (χ1) is 17.8. The Morgan fingerprint density at radius 1 is 0.842 bits per heavy atom. The number of nitrogens with zero attached hydrogens (tertiary/aromatic N) is 6. The number of halogens is 3. The molecule has 0 atom stereocenters. The largest absolute Gasteiger partial charge is 0.542 e. The zero-order chi connectivity index (χ0) is 29.7. The van der Waals surface area contributed by atoms with E-state index < -0.39 is 23.8 Å². The smallest absolute Gasteiger partial charge is 0.430 e. The van der Waals surface area contributed by atoms with E-state index in [0.29, 0.717) is 72.5 Å². The summed E-state index contributed by atoms with van der Waals surface area (Å²) in [7, 11) is 0. The second-order valence-electron chi connectivity index (χ2n) is 7.43. The molecule has 16 nitrogen and oxygen atoms in total. The van der Waals surface area contributed by atoms with E-state index in [9.17, 15) is 18.0 Å². The highest BCUT2D eigenvalue weighted by Gasteiger charge is 2.28. The zero-order valence-electron chi connectivity index (χ0n) is 21.8. The zero-order valence-corrected chi connectivity index (χ0v) is 21.8. The molecule has 0 fully saturated rings. The second kappa shape index (κ2) is 27.0. The van der Waals surface area contributed by atoms with E-state index in [-0.39, 0.29) is 0 Å². The number of ether oxygens (including phenoxy) is 5. The molecule has 0 aliphatic heterocycles. The number of carbonyl (C=O) groups is 2. The molecule has 0 heterocycles. The third-order valence-electron chi connectivity index (χ3n) is 2.98. The third-order valence-corrected chi connectivity index (χ3v) is 2.98. The summed E-state index contributed by atoms with van der Waals surface area (Å²) >= 11 is 0. The quantitative estimate of drug-likeness (QED) is 0.110. The highest BCUT2D eigenvalue weighted by atomic mass is 19.4. The van der Waals surface area contributed by atoms with E-state index in [2.05, 4.69) is 31.1 Å². The number of quaternary nitrogens is 1. The van der Waals surface area contributed by atoms with E-state index in [1.807, 2.05) is 0 Å². The number of rotatable bonds is 17. The lowest BCUT2D eigenvalue weighted by atomic mass is 10.2. The van der Waals surface area contributed by atoms with Gasteiger partial charge in [-0.2, -0.15) is 13.2 Å². The van der Waals surface area contributed by atoms with Gasteiger partial charge in [0.2, 0.25) is 0 Å². The molecule has 0 aromatic carbocycles. The SMILES string of the molecule is CC(C)(C)OC(=O)NCCOCCOCCN=[N+]=[N-].O=C([O-])C(F)(F)F.[N-]=[N+]=NCCOCCOCC[NH3+]. The summed E-state index contributed by atoms with van der Waals surface area (Å²) in [5.41, 5.74) is 19.1. The number of carboxylic acid groups (broad SMARTS) is 1. The first kappa shape index (κ1) is 39.5. The van der Waals surface area contributed by atoms with Crippen LogP contribution in [0.15, 0.2) is 10.2 Å². The number of azide groups is 2. The monoisotopic (exact) mass is 562 g/mol. The Labute approximate surface area is 218 Å². The molecule has 0 radical (unpaired) electrons. The molecular weight excluding hydrogens is 525 g/mol. The Kier molecular flexibility index (Phi) is 28.0. The maximum absolute atomic E-state index is 11.2. The van der Waals surface area contributed by atoms with Gasteiger partial charge in [-0.05, 0) is 31.8 Å². The first-order valence-electron chi connectivity index (χ1n) is 11.2. The Bertz CT molecular complexity index is 698. The molecule has 0 aromatic rings. The van der Waals surface area contributed by atoms with Crippen LogP contribution in [0.5, 0.6) is 0 Å². The van der Waals surface area contributed by atoms with Gasteiger partial charge in [-0.25, -0.2) is 4.79 Å². The fourth-order valence-corrected chi connectivity index (χ4v) is 1.59. The maximum atomic E-state index is 11.2. The van der Waals surface area contributed by atoms with Crippen molar-refractivity contribution in [1.82, 2.24) is 5.32 Å².